The van der Waals surface area contributed by atoms with Crippen molar-refractivity contribution in [2.75, 3.05) is 0 Å². The molecule has 0 aliphatic heterocycles. The molecule has 0 atom stereocenters. The lowest BCUT2D eigenvalue weighted by atomic mass is 9.84. The van der Waals surface area contributed by atoms with Gasteiger partial charge in [0.05, 0.1) is 0 Å². The summed E-state index contributed by atoms with van der Waals surface area (Å²) in [5.74, 6) is 0. The van der Waals surface area contributed by atoms with Gasteiger partial charge in [0.1, 0.15) is 0 Å². The monoisotopic (exact) mass is 462 g/mol. The van der Waals surface area contributed by atoms with Gasteiger partial charge in [-0.05, 0) is 115 Å². The Hall–Kier alpha value is -2.86. The Balaban J connectivity index is 1.75. The molecular weight excluding hydrogens is 420 g/mol. The fraction of sp³-hybridized carbons (Fsp3) is 0.371. The van der Waals surface area contributed by atoms with Crippen molar-refractivity contribution >= 4 is 12.2 Å². The molecule has 0 amide bonds. The van der Waals surface area contributed by atoms with Crippen LogP contribution in [0.1, 0.15) is 91.7 Å². The van der Waals surface area contributed by atoms with Crippen LogP contribution in [0.5, 0.6) is 0 Å². The van der Waals surface area contributed by atoms with Crippen molar-refractivity contribution in [3.63, 3.8) is 0 Å². The molecule has 0 spiro atoms. The van der Waals surface area contributed by atoms with Gasteiger partial charge < -0.3 is 0 Å². The molecule has 182 valence electrons. The van der Waals surface area contributed by atoms with Crippen LogP contribution in [0.2, 0.25) is 0 Å². The molecule has 0 N–H and O–H groups in total. The molecule has 0 bridgehead atoms. The minimum Gasteiger partial charge on any atom is -0.0654 e. The van der Waals surface area contributed by atoms with Gasteiger partial charge in [0.15, 0.2) is 0 Å². The van der Waals surface area contributed by atoms with E-state index in [1.165, 1.54) is 107 Å². The van der Waals surface area contributed by atoms with E-state index < -0.39 is 0 Å². The van der Waals surface area contributed by atoms with E-state index in [-0.39, 0.29) is 0 Å². The van der Waals surface area contributed by atoms with E-state index in [1.54, 1.807) is 0 Å². The lowest BCUT2D eigenvalue weighted by molar-refractivity contribution is 0.666. The summed E-state index contributed by atoms with van der Waals surface area (Å²) in [6, 6.07) is 22.6. The molecule has 1 saturated carbocycles. The van der Waals surface area contributed by atoms with Crippen LogP contribution in [0.3, 0.4) is 0 Å². The molecule has 1 aliphatic carbocycles. The van der Waals surface area contributed by atoms with Crippen molar-refractivity contribution < 1.29 is 0 Å². The third-order valence-electron chi connectivity index (χ3n) is 7.62. The number of aryl methyl sites for hydroxylation is 4. The van der Waals surface area contributed by atoms with Gasteiger partial charge in [-0.3, -0.25) is 0 Å². The smallest absolute Gasteiger partial charge is 0.0149 e. The van der Waals surface area contributed by atoms with Crippen molar-refractivity contribution in [3.05, 3.63) is 105 Å². The second-order valence-electron chi connectivity index (χ2n) is 10.4. The van der Waals surface area contributed by atoms with Gasteiger partial charge in [-0.2, -0.15) is 0 Å². The molecule has 0 radical (unpaired) electrons. The van der Waals surface area contributed by atoms with E-state index in [0.29, 0.717) is 0 Å². The van der Waals surface area contributed by atoms with Gasteiger partial charge in [0, 0.05) is 0 Å². The van der Waals surface area contributed by atoms with Gasteiger partial charge in [0.2, 0.25) is 0 Å². The standard InChI is InChI=1S/C35H42/c1-5-6-7-8-18-32-25-35(34-21-14-10-16-27(34)3)28(4)22-33(32)24-31-20-13-12-19-30(31)23-29-17-11-9-15-26(29)2/h9-11,14-17,21-25H,5-8,12-13,18-20H2,1-4H3/b30-23-,31-24+. The lowest BCUT2D eigenvalue weighted by Crippen LogP contribution is -2.01. The van der Waals surface area contributed by atoms with E-state index in [2.05, 4.69) is 101 Å². The highest BCUT2D eigenvalue weighted by Gasteiger charge is 2.15. The van der Waals surface area contributed by atoms with Crippen molar-refractivity contribution in [1.29, 1.82) is 0 Å². The second-order valence-corrected chi connectivity index (χ2v) is 10.4. The minimum atomic E-state index is 1.16. The molecule has 0 heteroatoms. The number of unbranched alkanes of at least 4 members (excludes halogenated alkanes) is 3. The average molecular weight is 463 g/mol. The summed E-state index contributed by atoms with van der Waals surface area (Å²) in [5, 5.41) is 0. The molecule has 3 aromatic carbocycles. The SMILES string of the molecule is CCCCCCc1cc(-c2ccccc2C)c(C)cc1/C=C1\CCCC\C1=C\c1ccccc1C. The number of allylic oxidation sites excluding steroid dienone is 2. The molecule has 0 heterocycles. The Morgan fingerprint density at radius 3 is 1.97 bits per heavy atom. The maximum Gasteiger partial charge on any atom is -0.0149 e. The molecule has 1 fully saturated rings. The Labute approximate surface area is 213 Å². The third kappa shape index (κ3) is 6.43. The summed E-state index contributed by atoms with van der Waals surface area (Å²) in [7, 11) is 0. The summed E-state index contributed by atoms with van der Waals surface area (Å²) < 4.78 is 0. The summed E-state index contributed by atoms with van der Waals surface area (Å²) in [6.07, 6.45) is 16.3. The quantitative estimate of drug-likeness (QED) is 0.292. The number of hydrogen-bond donors (Lipinski definition) is 0. The number of hydrogen-bond acceptors (Lipinski definition) is 0. The molecule has 0 nitrogen and oxygen atoms in total. The van der Waals surface area contributed by atoms with E-state index in [4.69, 9.17) is 0 Å². The maximum absolute atomic E-state index is 2.53. The largest absolute Gasteiger partial charge is 0.0654 e. The predicted octanol–water partition coefficient (Wildman–Crippen LogP) is 10.4. The van der Waals surface area contributed by atoms with Gasteiger partial charge in [-0.25, -0.2) is 0 Å². The molecule has 1 aliphatic rings. The highest BCUT2D eigenvalue weighted by atomic mass is 14.2. The fourth-order valence-electron chi connectivity index (χ4n) is 5.44. The van der Waals surface area contributed by atoms with Crippen LogP contribution in [0, 0.1) is 20.8 Å². The molecular formula is C35H42. The van der Waals surface area contributed by atoms with E-state index >= 15 is 0 Å². The Morgan fingerprint density at radius 2 is 1.29 bits per heavy atom. The van der Waals surface area contributed by atoms with E-state index in [1.807, 2.05) is 0 Å². The molecule has 35 heavy (non-hydrogen) atoms. The fourth-order valence-corrected chi connectivity index (χ4v) is 5.44. The Morgan fingerprint density at radius 1 is 0.629 bits per heavy atom. The summed E-state index contributed by atoms with van der Waals surface area (Å²) in [5.41, 5.74) is 14.2. The zero-order valence-corrected chi connectivity index (χ0v) is 22.3. The zero-order chi connectivity index (χ0) is 24.6. The van der Waals surface area contributed by atoms with Gasteiger partial charge in [-0.15, -0.1) is 0 Å². The van der Waals surface area contributed by atoms with Crippen LogP contribution in [-0.4, -0.2) is 0 Å². The van der Waals surface area contributed by atoms with Crippen molar-refractivity contribution in [2.45, 2.75) is 85.5 Å². The summed E-state index contributed by atoms with van der Waals surface area (Å²) >= 11 is 0. The van der Waals surface area contributed by atoms with Crippen LogP contribution in [0.15, 0.2) is 71.8 Å². The Bertz CT molecular complexity index is 1200. The van der Waals surface area contributed by atoms with E-state index in [0.717, 1.165) is 6.42 Å². The van der Waals surface area contributed by atoms with Crippen molar-refractivity contribution in [1.82, 2.24) is 0 Å². The molecule has 0 aromatic heterocycles. The highest BCUT2D eigenvalue weighted by Crippen LogP contribution is 2.35. The molecule has 0 saturated heterocycles. The number of rotatable bonds is 8. The predicted molar refractivity (Wildman–Crippen MR) is 155 cm³/mol. The zero-order valence-electron chi connectivity index (χ0n) is 22.3. The van der Waals surface area contributed by atoms with Gasteiger partial charge in [-0.1, -0.05) is 99.0 Å². The van der Waals surface area contributed by atoms with Crippen LogP contribution < -0.4 is 0 Å². The first-order valence-electron chi connectivity index (χ1n) is 13.7. The molecule has 3 aromatic rings. The first kappa shape index (κ1) is 25.2. The molecule has 4 rings (SSSR count). The number of benzene rings is 3. The first-order valence-corrected chi connectivity index (χ1v) is 13.7. The maximum atomic E-state index is 2.53. The molecule has 0 unspecified atom stereocenters. The van der Waals surface area contributed by atoms with Crippen LogP contribution in [0.25, 0.3) is 23.3 Å². The van der Waals surface area contributed by atoms with Crippen LogP contribution >= 0.6 is 0 Å². The minimum absolute atomic E-state index is 1.16. The summed E-state index contributed by atoms with van der Waals surface area (Å²) in [4.78, 5) is 0. The van der Waals surface area contributed by atoms with Gasteiger partial charge in [0.25, 0.3) is 0 Å². The Kier molecular flexibility index (Phi) is 8.80. The van der Waals surface area contributed by atoms with Crippen LogP contribution in [0.4, 0.5) is 0 Å². The van der Waals surface area contributed by atoms with Crippen LogP contribution in [-0.2, 0) is 6.42 Å². The third-order valence-corrected chi connectivity index (χ3v) is 7.62. The average Bonchev–Trinajstić information content (AvgIpc) is 2.86. The first-order chi connectivity index (χ1) is 17.1. The van der Waals surface area contributed by atoms with Crippen molar-refractivity contribution in [2.24, 2.45) is 0 Å². The van der Waals surface area contributed by atoms with Crippen molar-refractivity contribution in [3.8, 4) is 11.1 Å². The highest BCUT2D eigenvalue weighted by molar-refractivity contribution is 5.76. The normalized spacial score (nSPS) is 16.2. The van der Waals surface area contributed by atoms with E-state index in [9.17, 15) is 0 Å². The lowest BCUT2D eigenvalue weighted by Gasteiger charge is -2.21. The topological polar surface area (TPSA) is 0 Å². The summed E-state index contributed by atoms with van der Waals surface area (Å²) in [6.45, 7) is 9.04. The van der Waals surface area contributed by atoms with Gasteiger partial charge >= 0.3 is 0 Å². The second kappa shape index (κ2) is 12.2.